The monoisotopic (exact) mass is 382 g/mol. The molecule has 0 bridgehead atoms. The normalized spacial score (nSPS) is 36.1. The smallest absolute Gasteiger partial charge is 0.0143 e. The summed E-state index contributed by atoms with van der Waals surface area (Å²) in [6.45, 7) is 16.8. The highest BCUT2D eigenvalue weighted by Gasteiger charge is 2.50. The molecule has 0 spiro atoms. The molecule has 3 saturated carbocycles. The highest BCUT2D eigenvalue weighted by Crippen LogP contribution is 2.60. The van der Waals surface area contributed by atoms with Crippen molar-refractivity contribution in [2.45, 2.75) is 105 Å². The molecule has 0 heterocycles. The fraction of sp³-hybridized carbons (Fsp3) is 0.786. The Balaban J connectivity index is 1.69. The minimum Gasteiger partial charge on any atom is -0.0956 e. The lowest BCUT2D eigenvalue weighted by molar-refractivity contribution is 0.0907. The summed E-state index contributed by atoms with van der Waals surface area (Å²) in [5.74, 6) is 4.34. The van der Waals surface area contributed by atoms with E-state index < -0.39 is 0 Å². The highest BCUT2D eigenvalue weighted by atomic mass is 14.5. The molecule has 0 aliphatic heterocycles. The predicted octanol–water partition coefficient (Wildman–Crippen LogP) is 8.89. The minimum atomic E-state index is 0.548. The second-order valence-corrected chi connectivity index (χ2v) is 11.1. The largest absolute Gasteiger partial charge is 0.0956 e. The van der Waals surface area contributed by atoms with Crippen LogP contribution < -0.4 is 0 Å². The molecule has 0 saturated heterocycles. The molecule has 0 N–H and O–H groups in total. The second kappa shape index (κ2) is 9.36. The van der Waals surface area contributed by atoms with E-state index in [1.54, 1.807) is 5.57 Å². The zero-order valence-electron chi connectivity index (χ0n) is 19.5. The standard InChI is InChI=1S/C28H46/c1-20(2)21(3)13-14-23(5)26-17-18-27-25(12-9-19-28(26,27)6)16-15-24-11-8-7-10-22(24)4/h15-16,20-21,23,26-27H,4,7-14,17-19H2,1-3,5-6H3/b24-15+,25-16+/t21-,23+,26+,27?,28+/m0/s1. The summed E-state index contributed by atoms with van der Waals surface area (Å²) >= 11 is 0. The Labute approximate surface area is 176 Å². The van der Waals surface area contributed by atoms with Gasteiger partial charge >= 0.3 is 0 Å². The molecule has 0 heteroatoms. The van der Waals surface area contributed by atoms with Crippen molar-refractivity contribution in [3.8, 4) is 0 Å². The maximum Gasteiger partial charge on any atom is -0.0143 e. The average Bonchev–Trinajstić information content (AvgIpc) is 3.02. The van der Waals surface area contributed by atoms with Crippen LogP contribution >= 0.6 is 0 Å². The van der Waals surface area contributed by atoms with Gasteiger partial charge in [0.25, 0.3) is 0 Å². The Kier molecular flexibility index (Phi) is 7.32. The van der Waals surface area contributed by atoms with Crippen LogP contribution in [0.3, 0.4) is 0 Å². The van der Waals surface area contributed by atoms with Gasteiger partial charge in [0.05, 0.1) is 0 Å². The first-order valence-electron chi connectivity index (χ1n) is 12.4. The van der Waals surface area contributed by atoms with E-state index in [-0.39, 0.29) is 0 Å². The van der Waals surface area contributed by atoms with E-state index in [9.17, 15) is 0 Å². The van der Waals surface area contributed by atoms with Gasteiger partial charge in [-0.15, -0.1) is 0 Å². The van der Waals surface area contributed by atoms with Crippen molar-refractivity contribution >= 4 is 0 Å². The number of rotatable bonds is 6. The molecular formula is C28H46. The lowest BCUT2D eigenvalue weighted by Gasteiger charge is -2.44. The van der Waals surface area contributed by atoms with Gasteiger partial charge in [-0.25, -0.2) is 0 Å². The molecule has 3 aliphatic carbocycles. The second-order valence-electron chi connectivity index (χ2n) is 11.1. The van der Waals surface area contributed by atoms with Crippen molar-refractivity contribution in [1.29, 1.82) is 0 Å². The van der Waals surface area contributed by atoms with Crippen molar-refractivity contribution in [3.05, 3.63) is 35.5 Å². The van der Waals surface area contributed by atoms with Gasteiger partial charge < -0.3 is 0 Å². The molecule has 0 aromatic carbocycles. The molecule has 3 aliphatic rings. The van der Waals surface area contributed by atoms with Crippen molar-refractivity contribution in [3.63, 3.8) is 0 Å². The summed E-state index contributed by atoms with van der Waals surface area (Å²) in [6.07, 6.45) is 20.1. The van der Waals surface area contributed by atoms with E-state index in [1.807, 2.05) is 0 Å². The van der Waals surface area contributed by atoms with Gasteiger partial charge in [0.15, 0.2) is 0 Å². The maximum atomic E-state index is 4.32. The van der Waals surface area contributed by atoms with Gasteiger partial charge in [-0.05, 0) is 98.4 Å². The van der Waals surface area contributed by atoms with E-state index >= 15 is 0 Å². The third-order valence-corrected chi connectivity index (χ3v) is 9.07. The molecule has 0 amide bonds. The molecule has 1 unspecified atom stereocenters. The molecular weight excluding hydrogens is 336 g/mol. The van der Waals surface area contributed by atoms with Gasteiger partial charge in [-0.2, -0.15) is 0 Å². The van der Waals surface area contributed by atoms with Gasteiger partial charge in [0.1, 0.15) is 0 Å². The number of hydrogen-bond acceptors (Lipinski definition) is 0. The van der Waals surface area contributed by atoms with Crippen LogP contribution in [0.15, 0.2) is 35.5 Å². The Morgan fingerprint density at radius 2 is 1.71 bits per heavy atom. The quantitative estimate of drug-likeness (QED) is 0.430. The van der Waals surface area contributed by atoms with E-state index in [0.29, 0.717) is 5.41 Å². The first-order chi connectivity index (χ1) is 13.3. The number of allylic oxidation sites excluding steroid dienone is 5. The first-order valence-corrected chi connectivity index (χ1v) is 12.4. The molecule has 3 rings (SSSR count). The minimum absolute atomic E-state index is 0.548. The Morgan fingerprint density at radius 3 is 2.43 bits per heavy atom. The van der Waals surface area contributed by atoms with E-state index in [4.69, 9.17) is 0 Å². The van der Waals surface area contributed by atoms with Crippen molar-refractivity contribution in [2.75, 3.05) is 0 Å². The molecule has 28 heavy (non-hydrogen) atoms. The van der Waals surface area contributed by atoms with Crippen molar-refractivity contribution in [1.82, 2.24) is 0 Å². The SMILES string of the molecule is C=C1CCCC/C1=C\C=C1/CCC[C@@]2(C)C1CC[C@@H]2[C@H](C)CC[C@H](C)C(C)C. The van der Waals surface area contributed by atoms with Crippen LogP contribution in [0.25, 0.3) is 0 Å². The van der Waals surface area contributed by atoms with Crippen molar-refractivity contribution < 1.29 is 0 Å². The number of hydrogen-bond donors (Lipinski definition) is 0. The van der Waals surface area contributed by atoms with Crippen LogP contribution in [0, 0.1) is 35.0 Å². The zero-order valence-corrected chi connectivity index (χ0v) is 19.5. The predicted molar refractivity (Wildman–Crippen MR) is 124 cm³/mol. The van der Waals surface area contributed by atoms with Gasteiger partial charge in [0.2, 0.25) is 0 Å². The van der Waals surface area contributed by atoms with Crippen LogP contribution in [0.1, 0.15) is 105 Å². The van der Waals surface area contributed by atoms with Gasteiger partial charge in [-0.1, -0.05) is 77.3 Å². The molecule has 0 radical (unpaired) electrons. The average molecular weight is 383 g/mol. The third-order valence-electron chi connectivity index (χ3n) is 9.07. The molecule has 5 atom stereocenters. The third kappa shape index (κ3) is 4.68. The Bertz CT molecular complexity index is 604. The maximum absolute atomic E-state index is 4.32. The van der Waals surface area contributed by atoms with E-state index in [0.717, 1.165) is 29.6 Å². The van der Waals surface area contributed by atoms with Crippen LogP contribution in [0.2, 0.25) is 0 Å². The number of fused-ring (bicyclic) bond motifs is 1. The summed E-state index contributed by atoms with van der Waals surface area (Å²) < 4.78 is 0. The summed E-state index contributed by atoms with van der Waals surface area (Å²) in [5, 5.41) is 0. The van der Waals surface area contributed by atoms with E-state index in [1.165, 1.54) is 81.8 Å². The van der Waals surface area contributed by atoms with Gasteiger partial charge in [0, 0.05) is 0 Å². The first kappa shape index (κ1) is 21.9. The molecule has 158 valence electrons. The van der Waals surface area contributed by atoms with Crippen LogP contribution in [-0.2, 0) is 0 Å². The fourth-order valence-electron chi connectivity index (χ4n) is 6.67. The fourth-order valence-corrected chi connectivity index (χ4v) is 6.67. The van der Waals surface area contributed by atoms with E-state index in [2.05, 4.69) is 53.3 Å². The van der Waals surface area contributed by atoms with Crippen LogP contribution in [0.5, 0.6) is 0 Å². The van der Waals surface area contributed by atoms with Crippen LogP contribution in [-0.4, -0.2) is 0 Å². The lowest BCUT2D eigenvalue weighted by Crippen LogP contribution is -2.36. The molecule has 3 fully saturated rings. The summed E-state index contributed by atoms with van der Waals surface area (Å²) in [6, 6.07) is 0. The summed E-state index contributed by atoms with van der Waals surface area (Å²) in [7, 11) is 0. The van der Waals surface area contributed by atoms with Crippen molar-refractivity contribution in [2.24, 2.45) is 35.0 Å². The van der Waals surface area contributed by atoms with Gasteiger partial charge in [-0.3, -0.25) is 0 Å². The lowest BCUT2D eigenvalue weighted by atomic mass is 9.60. The highest BCUT2D eigenvalue weighted by molar-refractivity contribution is 5.35. The summed E-state index contributed by atoms with van der Waals surface area (Å²) in [4.78, 5) is 0. The molecule has 0 aromatic rings. The Morgan fingerprint density at radius 1 is 0.964 bits per heavy atom. The summed E-state index contributed by atoms with van der Waals surface area (Å²) in [5.41, 5.74) is 5.26. The zero-order chi connectivity index (χ0) is 20.3. The van der Waals surface area contributed by atoms with Crippen LogP contribution in [0.4, 0.5) is 0 Å². The topological polar surface area (TPSA) is 0 Å². The Hall–Kier alpha value is -0.780. The molecule has 0 aromatic heterocycles. The molecule has 0 nitrogen and oxygen atoms in total.